The Morgan fingerprint density at radius 3 is 2.83 bits per heavy atom. The highest BCUT2D eigenvalue weighted by Crippen LogP contribution is 2.41. The fourth-order valence-corrected chi connectivity index (χ4v) is 4.14. The van der Waals surface area contributed by atoms with Crippen molar-refractivity contribution in [1.82, 2.24) is 29.6 Å². The fraction of sp³-hybridized carbons (Fsp3) is 0.211. The Morgan fingerprint density at radius 1 is 1.17 bits per heavy atom. The first-order valence-electron chi connectivity index (χ1n) is 8.96. The second-order valence-electron chi connectivity index (χ2n) is 6.94. The van der Waals surface area contributed by atoms with Crippen LogP contribution in [0.2, 0.25) is 0 Å². The van der Waals surface area contributed by atoms with Crippen LogP contribution in [0.15, 0.2) is 34.8 Å². The molecule has 0 bridgehead atoms. The lowest BCUT2D eigenvalue weighted by Crippen LogP contribution is -2.25. The first-order chi connectivity index (χ1) is 13.9. The summed E-state index contributed by atoms with van der Waals surface area (Å²) in [7, 11) is 0. The molecule has 8 nitrogen and oxygen atoms in total. The number of carbonyl (C=O) groups is 1. The van der Waals surface area contributed by atoms with Gasteiger partial charge < -0.3 is 5.32 Å². The number of benzene rings is 1. The molecule has 1 amide bonds. The summed E-state index contributed by atoms with van der Waals surface area (Å²) in [4.78, 5) is 12.5. The van der Waals surface area contributed by atoms with Crippen molar-refractivity contribution in [3.05, 3.63) is 63.3 Å². The number of aromatic nitrogens is 6. The molecule has 0 radical (unpaired) electrons. The average molecular weight is 456 g/mol. The topological polar surface area (TPSA) is 90.0 Å². The maximum absolute atomic E-state index is 14.6. The van der Waals surface area contributed by atoms with Crippen molar-refractivity contribution in [2.24, 2.45) is 0 Å². The van der Waals surface area contributed by atoms with Crippen LogP contribution >= 0.6 is 15.9 Å². The van der Waals surface area contributed by atoms with E-state index in [1.54, 1.807) is 40.4 Å². The number of amides is 1. The molecular formula is C19H15BrFN7O. The lowest BCUT2D eigenvalue weighted by Gasteiger charge is -2.24. The SMILES string of the molecule is Cc1nn(-c2ccc3nnc(C)n3n2)c2c1[C@@H](c1cc(Br)ccc1F)CC(=O)N2. The van der Waals surface area contributed by atoms with Crippen molar-refractivity contribution < 1.29 is 9.18 Å². The smallest absolute Gasteiger partial charge is 0.226 e. The normalized spacial score (nSPS) is 16.1. The van der Waals surface area contributed by atoms with Gasteiger partial charge in [0.2, 0.25) is 5.91 Å². The molecule has 1 atom stereocenters. The van der Waals surface area contributed by atoms with Crippen LogP contribution in [0.5, 0.6) is 0 Å². The number of nitrogens with one attached hydrogen (secondary N) is 1. The highest BCUT2D eigenvalue weighted by atomic mass is 79.9. The van der Waals surface area contributed by atoms with Crippen molar-refractivity contribution in [2.45, 2.75) is 26.2 Å². The van der Waals surface area contributed by atoms with Crippen LogP contribution in [0.3, 0.4) is 0 Å². The first kappa shape index (κ1) is 17.9. The van der Waals surface area contributed by atoms with E-state index in [1.165, 1.54) is 6.07 Å². The number of hydrogen-bond acceptors (Lipinski definition) is 5. The molecule has 4 aromatic rings. The second kappa shape index (κ2) is 6.45. The third-order valence-corrected chi connectivity index (χ3v) is 5.55. The number of halogens is 2. The standard InChI is InChI=1S/C19H15BrFN7O/c1-9-18-13(12-7-11(20)3-4-14(12)21)8-17(29)22-19(18)28(25-9)16-6-5-15-24-23-10(2)27(15)26-16/h3-7,13H,8H2,1-2H3,(H,22,29)/t13-/m1/s1. The molecule has 4 heterocycles. The van der Waals surface area contributed by atoms with E-state index in [9.17, 15) is 9.18 Å². The molecule has 0 fully saturated rings. The lowest BCUT2D eigenvalue weighted by molar-refractivity contribution is -0.116. The molecule has 10 heteroatoms. The van der Waals surface area contributed by atoms with Crippen LogP contribution in [-0.4, -0.2) is 35.5 Å². The summed E-state index contributed by atoms with van der Waals surface area (Å²) in [5.74, 6) is 0.638. The minimum Gasteiger partial charge on any atom is -0.310 e. The summed E-state index contributed by atoms with van der Waals surface area (Å²) in [6, 6.07) is 8.28. The number of hydrogen-bond donors (Lipinski definition) is 1. The minimum absolute atomic E-state index is 0.143. The largest absolute Gasteiger partial charge is 0.310 e. The Hall–Kier alpha value is -3.14. The number of anilines is 1. The molecule has 0 saturated carbocycles. The molecule has 146 valence electrons. The Morgan fingerprint density at radius 2 is 2.00 bits per heavy atom. The summed E-state index contributed by atoms with van der Waals surface area (Å²) in [6.07, 6.45) is 0.143. The first-order valence-corrected chi connectivity index (χ1v) is 9.75. The molecule has 0 unspecified atom stereocenters. The van der Waals surface area contributed by atoms with E-state index in [-0.39, 0.29) is 18.1 Å². The summed E-state index contributed by atoms with van der Waals surface area (Å²) in [6.45, 7) is 3.65. The molecule has 5 rings (SSSR count). The second-order valence-corrected chi connectivity index (χ2v) is 7.85. The molecule has 1 aromatic carbocycles. The van der Waals surface area contributed by atoms with E-state index >= 15 is 0 Å². The van der Waals surface area contributed by atoms with Crippen molar-refractivity contribution >= 4 is 33.3 Å². The van der Waals surface area contributed by atoms with Crippen LogP contribution in [0.25, 0.3) is 11.5 Å². The minimum atomic E-state index is -0.439. The van der Waals surface area contributed by atoms with Crippen LogP contribution in [0, 0.1) is 19.7 Å². The lowest BCUT2D eigenvalue weighted by atomic mass is 9.85. The van der Waals surface area contributed by atoms with Crippen LogP contribution in [0.4, 0.5) is 10.2 Å². The molecule has 0 aliphatic carbocycles. The van der Waals surface area contributed by atoms with Crippen LogP contribution < -0.4 is 5.32 Å². The number of aryl methyl sites for hydroxylation is 2. The summed E-state index contributed by atoms with van der Waals surface area (Å²) >= 11 is 3.39. The van der Waals surface area contributed by atoms with Gasteiger partial charge in [-0.2, -0.15) is 14.3 Å². The molecule has 0 saturated heterocycles. The zero-order chi connectivity index (χ0) is 20.3. The van der Waals surface area contributed by atoms with Gasteiger partial charge in [-0.1, -0.05) is 15.9 Å². The molecule has 1 aliphatic rings. The van der Waals surface area contributed by atoms with Crippen molar-refractivity contribution in [3.63, 3.8) is 0 Å². The summed E-state index contributed by atoms with van der Waals surface area (Å²) in [5, 5.41) is 20.1. The van der Waals surface area contributed by atoms with Crippen LogP contribution in [-0.2, 0) is 4.79 Å². The number of rotatable bonds is 2. The zero-order valence-electron chi connectivity index (χ0n) is 15.5. The van der Waals surface area contributed by atoms with Crippen molar-refractivity contribution in [1.29, 1.82) is 0 Å². The maximum atomic E-state index is 14.6. The Balaban J connectivity index is 1.70. The van der Waals surface area contributed by atoms with E-state index in [1.807, 2.05) is 6.92 Å². The van der Waals surface area contributed by atoms with E-state index in [4.69, 9.17) is 0 Å². The van der Waals surface area contributed by atoms with Gasteiger partial charge >= 0.3 is 0 Å². The summed E-state index contributed by atoms with van der Waals surface area (Å²) in [5.41, 5.74) is 2.55. The fourth-order valence-electron chi connectivity index (χ4n) is 3.76. The van der Waals surface area contributed by atoms with Gasteiger partial charge in [-0.05, 0) is 49.7 Å². The predicted octanol–water partition coefficient (Wildman–Crippen LogP) is 3.30. The van der Waals surface area contributed by atoms with E-state index in [2.05, 4.69) is 41.6 Å². The van der Waals surface area contributed by atoms with E-state index < -0.39 is 5.92 Å². The molecular weight excluding hydrogens is 441 g/mol. The van der Waals surface area contributed by atoms with Gasteiger partial charge in [-0.25, -0.2) is 4.39 Å². The van der Waals surface area contributed by atoms with Gasteiger partial charge in [0.1, 0.15) is 11.6 Å². The quantitative estimate of drug-likeness (QED) is 0.500. The molecule has 3 aromatic heterocycles. The van der Waals surface area contributed by atoms with Gasteiger partial charge in [0.25, 0.3) is 0 Å². The van der Waals surface area contributed by atoms with Crippen molar-refractivity contribution in [3.8, 4) is 5.82 Å². The van der Waals surface area contributed by atoms with Gasteiger partial charge in [-0.15, -0.1) is 15.3 Å². The predicted molar refractivity (Wildman–Crippen MR) is 107 cm³/mol. The zero-order valence-corrected chi connectivity index (χ0v) is 17.1. The van der Waals surface area contributed by atoms with Gasteiger partial charge in [0.15, 0.2) is 17.3 Å². The molecule has 0 spiro atoms. The Bertz CT molecular complexity index is 1300. The monoisotopic (exact) mass is 455 g/mol. The summed E-state index contributed by atoms with van der Waals surface area (Å²) < 4.78 is 18.5. The number of nitrogens with zero attached hydrogens (tertiary/aromatic N) is 6. The van der Waals surface area contributed by atoms with E-state index in [0.717, 1.165) is 10.0 Å². The third-order valence-electron chi connectivity index (χ3n) is 5.06. The van der Waals surface area contributed by atoms with Gasteiger partial charge in [0, 0.05) is 22.4 Å². The van der Waals surface area contributed by atoms with Gasteiger partial charge in [0.05, 0.1) is 5.69 Å². The van der Waals surface area contributed by atoms with Crippen LogP contribution in [0.1, 0.15) is 35.0 Å². The highest BCUT2D eigenvalue weighted by molar-refractivity contribution is 9.10. The van der Waals surface area contributed by atoms with Crippen molar-refractivity contribution in [2.75, 3.05) is 5.32 Å². The Labute approximate surface area is 172 Å². The highest BCUT2D eigenvalue weighted by Gasteiger charge is 2.34. The number of fused-ring (bicyclic) bond motifs is 2. The maximum Gasteiger partial charge on any atom is 0.226 e. The van der Waals surface area contributed by atoms with E-state index in [0.29, 0.717) is 34.4 Å². The van der Waals surface area contributed by atoms with Gasteiger partial charge in [-0.3, -0.25) is 4.79 Å². The Kier molecular flexibility index (Phi) is 3.98. The average Bonchev–Trinajstić information content (AvgIpc) is 3.23. The molecule has 1 aliphatic heterocycles. The third kappa shape index (κ3) is 2.82. The molecule has 1 N–H and O–H groups in total. The number of carbonyl (C=O) groups excluding carboxylic acids is 1. The molecule has 29 heavy (non-hydrogen) atoms.